The minimum atomic E-state index is -0.211. The number of hydrogen-bond donors (Lipinski definition) is 2. The number of benzene rings is 2. The molecule has 0 spiro atoms. The van der Waals surface area contributed by atoms with Gasteiger partial charge >= 0.3 is 0 Å². The van der Waals surface area contributed by atoms with E-state index in [-0.39, 0.29) is 5.82 Å². The molecule has 2 N–H and O–H groups in total. The fourth-order valence-corrected chi connectivity index (χ4v) is 3.21. The minimum Gasteiger partial charge on any atom is -0.497 e. The predicted molar refractivity (Wildman–Crippen MR) is 110 cm³/mol. The van der Waals surface area contributed by atoms with Crippen LogP contribution in [0.25, 0.3) is 0 Å². The fourth-order valence-electron chi connectivity index (χ4n) is 2.63. The highest BCUT2D eigenvalue weighted by molar-refractivity contribution is 7.97. The van der Waals surface area contributed by atoms with Crippen LogP contribution < -0.4 is 20.1 Å². The van der Waals surface area contributed by atoms with Crippen LogP contribution in [0.3, 0.4) is 0 Å². The first kappa shape index (κ1) is 20.9. The Morgan fingerprint density at radius 1 is 1.00 bits per heavy atom. The highest BCUT2D eigenvalue weighted by Crippen LogP contribution is 2.24. The number of rotatable bonds is 8. The van der Waals surface area contributed by atoms with Gasteiger partial charge in [-0.1, -0.05) is 6.07 Å². The lowest BCUT2D eigenvalue weighted by Gasteiger charge is -2.16. The van der Waals surface area contributed by atoms with Crippen molar-refractivity contribution in [2.75, 3.05) is 27.5 Å². The van der Waals surface area contributed by atoms with Gasteiger partial charge in [-0.15, -0.1) is 0 Å². The van der Waals surface area contributed by atoms with Crippen LogP contribution in [0.2, 0.25) is 0 Å². The Balaban J connectivity index is 1.99. The molecule has 146 valence electrons. The number of aliphatic imine (C=N–C) groups is 1. The van der Waals surface area contributed by atoms with Crippen molar-refractivity contribution < 1.29 is 13.9 Å². The minimum absolute atomic E-state index is 0.211. The van der Waals surface area contributed by atoms with Crippen molar-refractivity contribution in [2.45, 2.75) is 18.8 Å². The molecule has 0 aliphatic heterocycles. The fraction of sp³-hybridized carbons (Fsp3) is 0.350. The molecule has 0 radical (unpaired) electrons. The Bertz CT molecular complexity index is 784. The quantitative estimate of drug-likeness (QED) is 0.532. The van der Waals surface area contributed by atoms with Crippen LogP contribution in [0.5, 0.6) is 11.5 Å². The summed E-state index contributed by atoms with van der Waals surface area (Å²) >= 11 is 1.67. The molecule has 2 aromatic rings. The summed E-state index contributed by atoms with van der Waals surface area (Å²) in [6.45, 7) is 1.11. The third-order valence-corrected chi connectivity index (χ3v) is 4.68. The van der Waals surface area contributed by atoms with Gasteiger partial charge < -0.3 is 20.1 Å². The second-order valence-electron chi connectivity index (χ2n) is 5.80. The summed E-state index contributed by atoms with van der Waals surface area (Å²) in [4.78, 5) is 4.25. The van der Waals surface area contributed by atoms with Gasteiger partial charge in [-0.25, -0.2) is 4.39 Å². The van der Waals surface area contributed by atoms with Crippen LogP contribution in [-0.4, -0.2) is 33.5 Å². The molecule has 0 fully saturated rings. The molecule has 0 heterocycles. The van der Waals surface area contributed by atoms with E-state index in [4.69, 9.17) is 9.47 Å². The lowest BCUT2D eigenvalue weighted by molar-refractivity contribution is 0.390. The maximum absolute atomic E-state index is 13.5. The van der Waals surface area contributed by atoms with E-state index in [9.17, 15) is 4.39 Å². The van der Waals surface area contributed by atoms with Crippen molar-refractivity contribution in [2.24, 2.45) is 4.99 Å². The first-order valence-electron chi connectivity index (χ1n) is 8.53. The molecule has 0 saturated carbocycles. The zero-order valence-corrected chi connectivity index (χ0v) is 17.0. The highest BCUT2D eigenvalue weighted by Gasteiger charge is 2.08. The summed E-state index contributed by atoms with van der Waals surface area (Å²) in [5.74, 6) is 2.71. The number of guanidine groups is 1. The third kappa shape index (κ3) is 6.06. The summed E-state index contributed by atoms with van der Waals surface area (Å²) in [5.41, 5.74) is 3.03. The number of hydrogen-bond acceptors (Lipinski definition) is 4. The summed E-state index contributed by atoms with van der Waals surface area (Å²) in [7, 11) is 4.97. The van der Waals surface area contributed by atoms with E-state index < -0.39 is 0 Å². The Morgan fingerprint density at radius 2 is 1.70 bits per heavy atom. The molecule has 2 rings (SSSR count). The van der Waals surface area contributed by atoms with Gasteiger partial charge in [0, 0.05) is 37.5 Å². The van der Waals surface area contributed by atoms with Crippen LogP contribution in [0, 0.1) is 5.82 Å². The van der Waals surface area contributed by atoms with Gasteiger partial charge in [0.25, 0.3) is 0 Å². The molecule has 0 atom stereocenters. The van der Waals surface area contributed by atoms with Gasteiger partial charge in [-0.2, -0.15) is 11.8 Å². The Morgan fingerprint density at radius 3 is 2.33 bits per heavy atom. The molecule has 27 heavy (non-hydrogen) atoms. The monoisotopic (exact) mass is 391 g/mol. The molecule has 2 aromatic carbocycles. The molecule has 7 heteroatoms. The normalized spacial score (nSPS) is 11.2. The lowest BCUT2D eigenvalue weighted by Crippen LogP contribution is -2.36. The molecule has 0 aromatic heterocycles. The zero-order chi connectivity index (χ0) is 19.6. The highest BCUT2D eigenvalue weighted by atomic mass is 32.2. The van der Waals surface area contributed by atoms with Crippen molar-refractivity contribution in [1.82, 2.24) is 10.6 Å². The van der Waals surface area contributed by atoms with Crippen LogP contribution in [0.1, 0.15) is 16.7 Å². The molecule has 5 nitrogen and oxygen atoms in total. The van der Waals surface area contributed by atoms with Crippen LogP contribution >= 0.6 is 11.8 Å². The third-order valence-electron chi connectivity index (χ3n) is 4.08. The molecule has 0 bridgehead atoms. The van der Waals surface area contributed by atoms with Gasteiger partial charge in [0.15, 0.2) is 5.96 Å². The lowest BCUT2D eigenvalue weighted by atomic mass is 10.1. The van der Waals surface area contributed by atoms with Crippen molar-refractivity contribution in [3.05, 3.63) is 58.9 Å². The van der Waals surface area contributed by atoms with Gasteiger partial charge in [0.05, 0.1) is 14.2 Å². The molecule has 0 amide bonds. The summed E-state index contributed by atoms with van der Waals surface area (Å²) in [6, 6.07) is 10.6. The molecule has 0 unspecified atom stereocenters. The van der Waals surface area contributed by atoms with E-state index >= 15 is 0 Å². The van der Waals surface area contributed by atoms with Crippen molar-refractivity contribution >= 4 is 17.7 Å². The van der Waals surface area contributed by atoms with Crippen LogP contribution in [0.15, 0.2) is 41.4 Å². The van der Waals surface area contributed by atoms with E-state index in [1.807, 2.05) is 30.5 Å². The summed E-state index contributed by atoms with van der Waals surface area (Å²) in [6.07, 6.45) is 2.00. The van der Waals surface area contributed by atoms with E-state index in [0.717, 1.165) is 33.9 Å². The first-order valence-corrected chi connectivity index (χ1v) is 9.92. The van der Waals surface area contributed by atoms with Crippen LogP contribution in [0.4, 0.5) is 4.39 Å². The Hall–Kier alpha value is -2.41. The van der Waals surface area contributed by atoms with Gasteiger partial charge in [-0.3, -0.25) is 4.99 Å². The number of nitrogens with one attached hydrogen (secondary N) is 2. The summed E-state index contributed by atoms with van der Waals surface area (Å²) < 4.78 is 24.1. The summed E-state index contributed by atoms with van der Waals surface area (Å²) in [5, 5.41) is 6.55. The first-order chi connectivity index (χ1) is 13.1. The number of nitrogens with zero attached hydrogens (tertiary/aromatic N) is 1. The number of methoxy groups -OCH3 is 2. The smallest absolute Gasteiger partial charge is 0.191 e. The topological polar surface area (TPSA) is 54.9 Å². The maximum atomic E-state index is 13.5. The van der Waals surface area contributed by atoms with Crippen molar-refractivity contribution in [3.63, 3.8) is 0 Å². The van der Waals surface area contributed by atoms with Gasteiger partial charge in [-0.05, 0) is 41.6 Å². The van der Waals surface area contributed by atoms with E-state index in [0.29, 0.717) is 19.0 Å². The van der Waals surface area contributed by atoms with E-state index in [1.54, 1.807) is 39.1 Å². The van der Waals surface area contributed by atoms with Gasteiger partial charge in [0.1, 0.15) is 17.3 Å². The van der Waals surface area contributed by atoms with Crippen molar-refractivity contribution in [1.29, 1.82) is 0 Å². The Labute approximate surface area is 164 Å². The number of thioether (sulfide) groups is 1. The molecule has 0 aliphatic rings. The van der Waals surface area contributed by atoms with E-state index in [1.165, 1.54) is 6.07 Å². The number of halogens is 1. The second-order valence-corrected chi connectivity index (χ2v) is 6.67. The maximum Gasteiger partial charge on any atom is 0.191 e. The SMILES string of the molecule is CN=C(NCc1ccc(F)cc1CSC)NCc1ccc(OC)cc1OC. The molecular formula is C20H26FN3O2S. The van der Waals surface area contributed by atoms with Crippen molar-refractivity contribution in [3.8, 4) is 11.5 Å². The second kappa shape index (κ2) is 10.7. The largest absolute Gasteiger partial charge is 0.497 e. The zero-order valence-electron chi connectivity index (χ0n) is 16.1. The molecule has 0 aliphatic carbocycles. The molecular weight excluding hydrogens is 365 g/mol. The average molecular weight is 392 g/mol. The van der Waals surface area contributed by atoms with Crippen LogP contribution in [-0.2, 0) is 18.8 Å². The number of ether oxygens (including phenoxy) is 2. The Kier molecular flexibility index (Phi) is 8.26. The van der Waals surface area contributed by atoms with Gasteiger partial charge in [0.2, 0.25) is 0 Å². The predicted octanol–water partition coefficient (Wildman–Crippen LogP) is 3.57. The van der Waals surface area contributed by atoms with E-state index in [2.05, 4.69) is 15.6 Å². The standard InChI is InChI=1S/C20H26FN3O2S/c1-22-20(23-11-14-5-7-17(21)9-16(14)13-27-4)24-12-15-6-8-18(25-2)10-19(15)26-3/h5-10H,11-13H2,1-4H3,(H2,22,23,24). The molecule has 0 saturated heterocycles. The average Bonchev–Trinajstić information content (AvgIpc) is 2.69.